The highest BCUT2D eigenvalue weighted by Crippen LogP contribution is 2.24. The van der Waals surface area contributed by atoms with Crippen LogP contribution in [0.5, 0.6) is 11.5 Å². The maximum absolute atomic E-state index is 12.2. The molecule has 1 aromatic carbocycles. The third-order valence-corrected chi connectivity index (χ3v) is 5.84. The maximum atomic E-state index is 12.2. The van der Waals surface area contributed by atoms with E-state index in [2.05, 4.69) is 6.92 Å². The van der Waals surface area contributed by atoms with E-state index in [-0.39, 0.29) is 0 Å². The molecule has 5 heteroatoms. The summed E-state index contributed by atoms with van der Waals surface area (Å²) in [4.78, 5) is 22.2. The standard InChI is InChI=1S/C27H46O5/c1-4-5-6-7-8-9-10-11-12-13-14-15-16-17-18-19-22-31-32-27(28)25-23-24(29-2)20-21-26(25)30-3/h20-21,23H,4-19,22H2,1-3H3. The molecular formula is C27H46O5. The van der Waals surface area contributed by atoms with E-state index in [0.717, 1.165) is 12.8 Å². The van der Waals surface area contributed by atoms with Crippen molar-refractivity contribution in [2.24, 2.45) is 0 Å². The molecule has 184 valence electrons. The van der Waals surface area contributed by atoms with Crippen molar-refractivity contribution >= 4 is 5.97 Å². The fraction of sp³-hybridized carbons (Fsp3) is 0.741. The molecule has 5 nitrogen and oxygen atoms in total. The number of hydrogen-bond acceptors (Lipinski definition) is 5. The monoisotopic (exact) mass is 450 g/mol. The van der Waals surface area contributed by atoms with E-state index in [0.29, 0.717) is 23.7 Å². The minimum absolute atomic E-state index is 0.291. The summed E-state index contributed by atoms with van der Waals surface area (Å²) in [6, 6.07) is 4.98. The molecule has 0 aromatic heterocycles. The predicted octanol–water partition coefficient (Wildman–Crippen LogP) is 8.05. The zero-order valence-electron chi connectivity index (χ0n) is 20.8. The van der Waals surface area contributed by atoms with Crippen LogP contribution in [0.1, 0.15) is 120 Å². The van der Waals surface area contributed by atoms with Gasteiger partial charge in [0.1, 0.15) is 17.1 Å². The Morgan fingerprint density at radius 3 is 1.66 bits per heavy atom. The third kappa shape index (κ3) is 13.6. The molecule has 0 N–H and O–H groups in total. The molecule has 0 radical (unpaired) electrons. The lowest BCUT2D eigenvalue weighted by molar-refractivity contribution is -0.241. The Morgan fingerprint density at radius 1 is 0.688 bits per heavy atom. The number of benzene rings is 1. The first kappa shape index (κ1) is 28.3. The fourth-order valence-corrected chi connectivity index (χ4v) is 3.82. The average Bonchev–Trinajstić information content (AvgIpc) is 2.82. The van der Waals surface area contributed by atoms with E-state index >= 15 is 0 Å². The summed E-state index contributed by atoms with van der Waals surface area (Å²) in [5.74, 6) is 0.426. The van der Waals surface area contributed by atoms with Gasteiger partial charge in [-0.2, -0.15) is 4.89 Å². The quantitative estimate of drug-likeness (QED) is 0.108. The molecule has 0 unspecified atom stereocenters. The van der Waals surface area contributed by atoms with Crippen molar-refractivity contribution in [2.75, 3.05) is 20.8 Å². The van der Waals surface area contributed by atoms with E-state index in [4.69, 9.17) is 19.2 Å². The molecule has 0 fully saturated rings. The lowest BCUT2D eigenvalue weighted by atomic mass is 10.0. The number of ether oxygens (including phenoxy) is 2. The minimum atomic E-state index is -0.572. The molecular weight excluding hydrogens is 404 g/mol. The second-order valence-corrected chi connectivity index (χ2v) is 8.56. The van der Waals surface area contributed by atoms with Crippen LogP contribution in [0.2, 0.25) is 0 Å². The Hall–Kier alpha value is -1.75. The van der Waals surface area contributed by atoms with Crippen LogP contribution in [0.25, 0.3) is 0 Å². The first-order valence-electron chi connectivity index (χ1n) is 12.8. The molecule has 0 atom stereocenters. The topological polar surface area (TPSA) is 54.0 Å². The highest BCUT2D eigenvalue weighted by atomic mass is 17.2. The van der Waals surface area contributed by atoms with E-state index in [1.54, 1.807) is 25.3 Å². The molecule has 0 aliphatic heterocycles. The number of carbonyl (C=O) groups is 1. The van der Waals surface area contributed by atoms with Crippen molar-refractivity contribution in [3.05, 3.63) is 23.8 Å². The van der Waals surface area contributed by atoms with Gasteiger partial charge in [0.15, 0.2) is 0 Å². The number of unbranched alkanes of at least 4 members (excludes halogenated alkanes) is 15. The summed E-state index contributed by atoms with van der Waals surface area (Å²) in [6.45, 7) is 2.69. The van der Waals surface area contributed by atoms with Gasteiger partial charge in [0.25, 0.3) is 0 Å². The molecule has 0 amide bonds. The Labute approximate surface area is 196 Å². The number of methoxy groups -OCH3 is 2. The van der Waals surface area contributed by atoms with Crippen molar-refractivity contribution in [2.45, 2.75) is 110 Å². The SMILES string of the molecule is CCCCCCCCCCCCCCCCCCOOC(=O)c1cc(OC)ccc1OC. The lowest BCUT2D eigenvalue weighted by Crippen LogP contribution is -2.09. The summed E-state index contributed by atoms with van der Waals surface area (Å²) in [5.41, 5.74) is 0.291. The number of carbonyl (C=O) groups excluding carboxylic acids is 1. The second-order valence-electron chi connectivity index (χ2n) is 8.56. The molecule has 0 heterocycles. The largest absolute Gasteiger partial charge is 0.497 e. The zero-order chi connectivity index (χ0) is 23.3. The Balaban J connectivity index is 1.91. The second kappa shape index (κ2) is 19.9. The van der Waals surface area contributed by atoms with Crippen LogP contribution in [-0.4, -0.2) is 26.8 Å². The summed E-state index contributed by atoms with van der Waals surface area (Å²) in [7, 11) is 3.06. The van der Waals surface area contributed by atoms with Crippen molar-refractivity contribution < 1.29 is 24.0 Å². The molecule has 0 saturated carbocycles. The Kier molecular flexibility index (Phi) is 17.6. The van der Waals surface area contributed by atoms with E-state index in [9.17, 15) is 4.79 Å². The van der Waals surface area contributed by atoms with Gasteiger partial charge in [-0.3, -0.25) is 4.89 Å². The van der Waals surface area contributed by atoms with Crippen LogP contribution in [0.3, 0.4) is 0 Å². The molecule has 32 heavy (non-hydrogen) atoms. The van der Waals surface area contributed by atoms with E-state index in [1.165, 1.54) is 97.0 Å². The summed E-state index contributed by atoms with van der Waals surface area (Å²) >= 11 is 0. The van der Waals surface area contributed by atoms with Gasteiger partial charge in [0.05, 0.1) is 20.8 Å². The van der Waals surface area contributed by atoms with Gasteiger partial charge in [-0.05, 0) is 24.6 Å². The van der Waals surface area contributed by atoms with Gasteiger partial charge < -0.3 is 9.47 Å². The van der Waals surface area contributed by atoms with Crippen molar-refractivity contribution in [3.63, 3.8) is 0 Å². The third-order valence-electron chi connectivity index (χ3n) is 5.84. The van der Waals surface area contributed by atoms with Crippen molar-refractivity contribution in [1.82, 2.24) is 0 Å². The normalized spacial score (nSPS) is 10.8. The molecule has 0 spiro atoms. The van der Waals surface area contributed by atoms with Gasteiger partial charge in [-0.15, -0.1) is 0 Å². The lowest BCUT2D eigenvalue weighted by Gasteiger charge is -2.09. The van der Waals surface area contributed by atoms with E-state index < -0.39 is 5.97 Å². The van der Waals surface area contributed by atoms with Crippen molar-refractivity contribution in [3.8, 4) is 11.5 Å². The molecule has 0 saturated heterocycles. The van der Waals surface area contributed by atoms with Crippen LogP contribution < -0.4 is 9.47 Å². The Bertz CT molecular complexity index is 587. The van der Waals surface area contributed by atoms with E-state index in [1.807, 2.05) is 0 Å². The first-order valence-corrected chi connectivity index (χ1v) is 12.8. The molecule has 0 aliphatic rings. The summed E-state index contributed by atoms with van der Waals surface area (Å²) in [6.07, 6.45) is 21.2. The number of hydrogen-bond donors (Lipinski definition) is 0. The van der Waals surface area contributed by atoms with Crippen LogP contribution >= 0.6 is 0 Å². The minimum Gasteiger partial charge on any atom is -0.497 e. The first-order chi connectivity index (χ1) is 15.7. The number of rotatable bonds is 21. The van der Waals surface area contributed by atoms with Crippen LogP contribution in [-0.2, 0) is 9.78 Å². The average molecular weight is 451 g/mol. The fourth-order valence-electron chi connectivity index (χ4n) is 3.82. The summed E-state index contributed by atoms with van der Waals surface area (Å²) in [5, 5.41) is 0. The van der Waals surface area contributed by atoms with Crippen molar-refractivity contribution in [1.29, 1.82) is 0 Å². The van der Waals surface area contributed by atoms with Crippen LogP contribution in [0.15, 0.2) is 18.2 Å². The molecule has 1 aromatic rings. The van der Waals surface area contributed by atoms with Gasteiger partial charge in [0.2, 0.25) is 0 Å². The highest BCUT2D eigenvalue weighted by Gasteiger charge is 2.16. The molecule has 0 bridgehead atoms. The van der Waals surface area contributed by atoms with Gasteiger partial charge in [0, 0.05) is 0 Å². The predicted molar refractivity (Wildman–Crippen MR) is 130 cm³/mol. The van der Waals surface area contributed by atoms with Crippen LogP contribution in [0, 0.1) is 0 Å². The maximum Gasteiger partial charge on any atom is 0.376 e. The summed E-state index contributed by atoms with van der Waals surface area (Å²) < 4.78 is 10.3. The smallest absolute Gasteiger partial charge is 0.376 e. The zero-order valence-corrected chi connectivity index (χ0v) is 20.8. The van der Waals surface area contributed by atoms with Gasteiger partial charge in [-0.25, -0.2) is 4.79 Å². The Morgan fingerprint density at radius 2 is 1.19 bits per heavy atom. The van der Waals surface area contributed by atoms with Gasteiger partial charge in [-0.1, -0.05) is 103 Å². The molecule has 1 rings (SSSR count). The van der Waals surface area contributed by atoms with Gasteiger partial charge >= 0.3 is 5.97 Å². The van der Waals surface area contributed by atoms with Crippen LogP contribution in [0.4, 0.5) is 0 Å². The highest BCUT2D eigenvalue weighted by molar-refractivity contribution is 5.92. The molecule has 0 aliphatic carbocycles.